The number of hydrogen-bond acceptors (Lipinski definition) is 5. The maximum absolute atomic E-state index is 13.0. The highest BCUT2D eigenvalue weighted by atomic mass is 16.5. The Morgan fingerprint density at radius 2 is 1.74 bits per heavy atom. The second-order valence-electron chi connectivity index (χ2n) is 6.61. The lowest BCUT2D eigenvalue weighted by Gasteiger charge is -2.33. The van der Waals surface area contributed by atoms with E-state index in [-0.39, 0.29) is 40.8 Å². The molecule has 0 saturated heterocycles. The highest BCUT2D eigenvalue weighted by Crippen LogP contribution is 2.50. The van der Waals surface area contributed by atoms with Gasteiger partial charge in [0.25, 0.3) is 0 Å². The molecule has 23 heavy (non-hydrogen) atoms. The fraction of sp³-hybridized carbons (Fsp3) is 0.647. The smallest absolute Gasteiger partial charge is 0.419 e. The van der Waals surface area contributed by atoms with Gasteiger partial charge in [-0.1, -0.05) is 6.42 Å². The van der Waals surface area contributed by atoms with Crippen LogP contribution in [0.5, 0.6) is 0 Å². The SMILES string of the molecule is CO/C1=C(\OC)c2oc(=O)n3c2[C@H](CCC3)[C@@H]2CCC[C@H]2C1=O. The second kappa shape index (κ2) is 5.28. The van der Waals surface area contributed by atoms with E-state index < -0.39 is 0 Å². The quantitative estimate of drug-likeness (QED) is 0.836. The van der Waals surface area contributed by atoms with Crippen LogP contribution in [-0.2, 0) is 20.8 Å². The minimum Gasteiger partial charge on any atom is -0.490 e. The van der Waals surface area contributed by atoms with E-state index >= 15 is 0 Å². The van der Waals surface area contributed by atoms with Crippen molar-refractivity contribution >= 4 is 11.5 Å². The number of hydrogen-bond donors (Lipinski definition) is 0. The molecule has 1 fully saturated rings. The summed E-state index contributed by atoms with van der Waals surface area (Å²) >= 11 is 0. The summed E-state index contributed by atoms with van der Waals surface area (Å²) in [7, 11) is 2.95. The molecule has 0 radical (unpaired) electrons. The van der Waals surface area contributed by atoms with Crippen molar-refractivity contribution in [1.29, 1.82) is 0 Å². The molecule has 3 aliphatic rings. The minimum absolute atomic E-state index is 0.0153. The summed E-state index contributed by atoms with van der Waals surface area (Å²) in [6.07, 6.45) is 4.85. The molecular formula is C17H21NO5. The number of nitrogens with zero attached hydrogens (tertiary/aromatic N) is 1. The van der Waals surface area contributed by atoms with Crippen molar-refractivity contribution in [2.24, 2.45) is 11.8 Å². The van der Waals surface area contributed by atoms with E-state index in [1.165, 1.54) is 14.2 Å². The monoisotopic (exact) mass is 319 g/mol. The molecule has 0 N–H and O–H groups in total. The summed E-state index contributed by atoms with van der Waals surface area (Å²) in [6.45, 7) is 0.665. The number of ether oxygens (including phenoxy) is 2. The molecule has 3 atom stereocenters. The summed E-state index contributed by atoms with van der Waals surface area (Å²) in [5.41, 5.74) is 0.900. The molecule has 1 aliphatic heterocycles. The van der Waals surface area contributed by atoms with Crippen LogP contribution in [0.25, 0.3) is 5.76 Å². The van der Waals surface area contributed by atoms with Gasteiger partial charge in [-0.15, -0.1) is 0 Å². The highest BCUT2D eigenvalue weighted by molar-refractivity contribution is 6.01. The third-order valence-electron chi connectivity index (χ3n) is 5.65. The highest BCUT2D eigenvalue weighted by Gasteiger charge is 2.47. The van der Waals surface area contributed by atoms with Crippen molar-refractivity contribution in [3.63, 3.8) is 0 Å². The number of allylic oxidation sites excluding steroid dienone is 1. The molecule has 6 heteroatoms. The van der Waals surface area contributed by atoms with E-state index in [0.29, 0.717) is 12.3 Å². The Labute approximate surface area is 134 Å². The molecule has 0 aromatic carbocycles. The summed E-state index contributed by atoms with van der Waals surface area (Å²) < 4.78 is 18.0. The van der Waals surface area contributed by atoms with Crippen molar-refractivity contribution < 1.29 is 18.7 Å². The Balaban J connectivity index is 2.03. The van der Waals surface area contributed by atoms with Crippen molar-refractivity contribution in [1.82, 2.24) is 4.57 Å². The molecule has 0 amide bonds. The molecule has 1 aromatic rings. The van der Waals surface area contributed by atoms with Crippen LogP contribution in [-0.4, -0.2) is 24.6 Å². The second-order valence-corrected chi connectivity index (χ2v) is 6.61. The van der Waals surface area contributed by atoms with Crippen molar-refractivity contribution in [3.8, 4) is 0 Å². The molecule has 0 spiro atoms. The van der Waals surface area contributed by atoms with Crippen LogP contribution >= 0.6 is 0 Å². The van der Waals surface area contributed by atoms with Gasteiger partial charge in [-0.05, 0) is 31.6 Å². The molecule has 1 saturated carbocycles. The summed E-state index contributed by atoms with van der Waals surface area (Å²) in [5, 5.41) is 0. The largest absolute Gasteiger partial charge is 0.490 e. The van der Waals surface area contributed by atoms with Gasteiger partial charge in [0.15, 0.2) is 5.76 Å². The fourth-order valence-corrected chi connectivity index (χ4v) is 4.74. The lowest BCUT2D eigenvalue weighted by Crippen LogP contribution is -2.33. The van der Waals surface area contributed by atoms with E-state index in [1.54, 1.807) is 4.57 Å². The first-order valence-corrected chi connectivity index (χ1v) is 8.27. The van der Waals surface area contributed by atoms with Gasteiger partial charge in [0.1, 0.15) is 0 Å². The van der Waals surface area contributed by atoms with Crippen molar-refractivity contribution in [3.05, 3.63) is 27.8 Å². The number of carbonyl (C=O) groups excluding carboxylic acids is 1. The van der Waals surface area contributed by atoms with Crippen LogP contribution in [0.4, 0.5) is 0 Å². The summed E-state index contributed by atoms with van der Waals surface area (Å²) in [4.78, 5) is 25.2. The number of methoxy groups -OCH3 is 2. The molecule has 6 nitrogen and oxygen atoms in total. The molecule has 1 aromatic heterocycles. The van der Waals surface area contributed by atoms with Crippen molar-refractivity contribution in [2.75, 3.05) is 14.2 Å². The lowest BCUT2D eigenvalue weighted by atomic mass is 9.74. The number of aromatic nitrogens is 1. The van der Waals surface area contributed by atoms with Crippen LogP contribution in [0.2, 0.25) is 0 Å². The number of Topliss-reactive ketones (excluding diaryl/α,β-unsaturated/α-hetero) is 1. The summed E-state index contributed by atoms with van der Waals surface area (Å²) in [5.74, 6) is 0.847. The Bertz CT molecular complexity index is 741. The molecular weight excluding hydrogens is 298 g/mol. The van der Waals surface area contributed by atoms with Crippen LogP contribution < -0.4 is 5.76 Å². The van der Waals surface area contributed by atoms with Crippen LogP contribution in [0.15, 0.2) is 15.0 Å². The van der Waals surface area contributed by atoms with Crippen molar-refractivity contribution in [2.45, 2.75) is 44.6 Å². The third-order valence-corrected chi connectivity index (χ3v) is 5.65. The zero-order valence-corrected chi connectivity index (χ0v) is 13.5. The third kappa shape index (κ3) is 1.93. The van der Waals surface area contributed by atoms with Gasteiger partial charge in [-0.2, -0.15) is 0 Å². The minimum atomic E-state index is -0.367. The van der Waals surface area contributed by atoms with Gasteiger partial charge in [0.2, 0.25) is 17.3 Å². The van der Waals surface area contributed by atoms with E-state index in [1.807, 2.05) is 0 Å². The summed E-state index contributed by atoms with van der Waals surface area (Å²) in [6, 6.07) is 0. The molecule has 0 bridgehead atoms. The zero-order chi connectivity index (χ0) is 16.1. The normalized spacial score (nSPS) is 32.8. The Hall–Kier alpha value is -1.98. The van der Waals surface area contributed by atoms with Gasteiger partial charge in [0.05, 0.1) is 19.9 Å². The van der Waals surface area contributed by atoms with E-state index in [9.17, 15) is 9.59 Å². The van der Waals surface area contributed by atoms with Gasteiger partial charge >= 0.3 is 5.76 Å². The maximum atomic E-state index is 13.0. The van der Waals surface area contributed by atoms with Crippen LogP contribution in [0.1, 0.15) is 49.5 Å². The lowest BCUT2D eigenvalue weighted by molar-refractivity contribution is -0.123. The van der Waals surface area contributed by atoms with E-state index in [0.717, 1.165) is 37.8 Å². The number of carbonyl (C=O) groups is 1. The number of ketones is 1. The molecule has 2 heterocycles. The first kappa shape index (κ1) is 14.6. The first-order chi connectivity index (χ1) is 11.2. The van der Waals surface area contributed by atoms with E-state index in [2.05, 4.69) is 0 Å². The Morgan fingerprint density at radius 1 is 1.00 bits per heavy atom. The van der Waals surface area contributed by atoms with Gasteiger partial charge in [-0.25, -0.2) is 4.79 Å². The number of rotatable bonds is 2. The predicted octanol–water partition coefficient (Wildman–Crippen LogP) is 2.28. The predicted molar refractivity (Wildman–Crippen MR) is 81.7 cm³/mol. The number of oxazole rings is 1. The Morgan fingerprint density at radius 3 is 2.48 bits per heavy atom. The zero-order valence-electron chi connectivity index (χ0n) is 13.5. The van der Waals surface area contributed by atoms with Crippen LogP contribution in [0, 0.1) is 11.8 Å². The number of fused-ring (bicyclic) bond motifs is 2. The maximum Gasteiger partial charge on any atom is 0.419 e. The molecule has 4 rings (SSSR count). The topological polar surface area (TPSA) is 70.7 Å². The fourth-order valence-electron chi connectivity index (χ4n) is 4.74. The molecule has 2 aliphatic carbocycles. The van der Waals surface area contributed by atoms with E-state index in [4.69, 9.17) is 13.9 Å². The average molecular weight is 319 g/mol. The van der Waals surface area contributed by atoms with Gasteiger partial charge < -0.3 is 13.9 Å². The Kier molecular flexibility index (Phi) is 3.36. The van der Waals surface area contributed by atoms with Gasteiger partial charge in [0, 0.05) is 18.4 Å². The molecule has 124 valence electrons. The average Bonchev–Trinajstić information content (AvgIpc) is 3.16. The standard InChI is InChI=1S/C17H21NO5/c1-21-15-13(19)11-6-3-5-9(11)10-7-4-8-18-12(10)14(16(15)22-2)23-17(18)20/h9-11H,3-8H2,1-2H3/b16-15-/t9-,10+,11+/m0/s1. The first-order valence-electron chi connectivity index (χ1n) is 8.27. The molecule has 0 unspecified atom stereocenters. The van der Waals surface area contributed by atoms with Gasteiger partial charge in [-0.3, -0.25) is 9.36 Å². The van der Waals surface area contributed by atoms with Crippen LogP contribution in [0.3, 0.4) is 0 Å².